The van der Waals surface area contributed by atoms with Gasteiger partial charge >= 0.3 is 0 Å². The molecule has 0 aliphatic carbocycles. The minimum atomic E-state index is -0.189. The molecule has 3 nitrogen and oxygen atoms in total. The van der Waals surface area contributed by atoms with Crippen molar-refractivity contribution in [1.29, 1.82) is 0 Å². The van der Waals surface area contributed by atoms with Gasteiger partial charge in [0.1, 0.15) is 0 Å². The van der Waals surface area contributed by atoms with Crippen LogP contribution in [0.2, 0.25) is 0 Å². The number of carbonyl (C=O) groups is 1. The van der Waals surface area contributed by atoms with E-state index >= 15 is 0 Å². The first-order chi connectivity index (χ1) is 12.0. The summed E-state index contributed by atoms with van der Waals surface area (Å²) in [5, 5.41) is 0. The maximum atomic E-state index is 12.6. The molecule has 1 amide bonds. The van der Waals surface area contributed by atoms with E-state index in [0.717, 1.165) is 21.8 Å². The molecule has 130 valence electrons. The molecule has 0 spiro atoms. The molecular weight excluding hydrogens is 348 g/mol. The van der Waals surface area contributed by atoms with Crippen LogP contribution in [-0.4, -0.2) is 16.7 Å². The zero-order valence-electron chi connectivity index (χ0n) is 14.9. The maximum absolute atomic E-state index is 12.6. The van der Waals surface area contributed by atoms with E-state index < -0.39 is 0 Å². The molecule has 0 atom stereocenters. The van der Waals surface area contributed by atoms with Crippen molar-refractivity contribution in [2.75, 3.05) is 6.26 Å². The van der Waals surface area contributed by atoms with Crippen molar-refractivity contribution in [3.8, 4) is 0 Å². The van der Waals surface area contributed by atoms with E-state index in [1.54, 1.807) is 23.1 Å². The minimum absolute atomic E-state index is 0.189. The van der Waals surface area contributed by atoms with E-state index in [4.69, 9.17) is 0 Å². The Labute approximate surface area is 156 Å². The van der Waals surface area contributed by atoms with Crippen LogP contribution in [0.15, 0.2) is 52.4 Å². The molecule has 0 aliphatic rings. The summed E-state index contributed by atoms with van der Waals surface area (Å²) in [6.45, 7) is 7.25. The van der Waals surface area contributed by atoms with Crippen LogP contribution in [0.3, 0.4) is 0 Å². The molecule has 0 fully saturated rings. The normalized spacial score (nSPS) is 12.3. The predicted molar refractivity (Wildman–Crippen MR) is 108 cm³/mol. The van der Waals surface area contributed by atoms with Gasteiger partial charge in [-0.05, 0) is 61.1 Å². The minimum Gasteiger partial charge on any atom is -0.317 e. The maximum Gasteiger partial charge on any atom is 0.279 e. The number of fused-ring (bicyclic) bond motifs is 1. The molecule has 25 heavy (non-hydrogen) atoms. The van der Waals surface area contributed by atoms with Gasteiger partial charge in [-0.3, -0.25) is 4.79 Å². The Balaban J connectivity index is 2.06. The van der Waals surface area contributed by atoms with Crippen molar-refractivity contribution >= 4 is 39.2 Å². The Morgan fingerprint density at radius 1 is 1.20 bits per heavy atom. The topological polar surface area (TPSA) is 34.4 Å². The highest BCUT2D eigenvalue weighted by atomic mass is 32.2. The Kier molecular flexibility index (Phi) is 5.45. The zero-order chi connectivity index (χ0) is 18.0. The summed E-state index contributed by atoms with van der Waals surface area (Å²) < 4.78 is 3.29. The van der Waals surface area contributed by atoms with Crippen molar-refractivity contribution in [1.82, 2.24) is 4.57 Å². The molecule has 0 bridgehead atoms. The second kappa shape index (κ2) is 7.58. The quantitative estimate of drug-likeness (QED) is 0.583. The molecule has 2 aromatic carbocycles. The van der Waals surface area contributed by atoms with Gasteiger partial charge in [-0.1, -0.05) is 31.3 Å². The summed E-state index contributed by atoms with van der Waals surface area (Å²) >= 11 is 3.24. The number of carbonyl (C=O) groups excluding carboxylic acids is 1. The fourth-order valence-electron chi connectivity index (χ4n) is 2.72. The molecule has 3 rings (SSSR count). The van der Waals surface area contributed by atoms with E-state index in [1.165, 1.54) is 10.3 Å². The van der Waals surface area contributed by atoms with Gasteiger partial charge < -0.3 is 4.57 Å². The molecule has 0 saturated heterocycles. The molecule has 3 aromatic rings. The van der Waals surface area contributed by atoms with Gasteiger partial charge in [-0.15, -0.1) is 11.8 Å². The number of hydrogen-bond donors (Lipinski definition) is 0. The van der Waals surface area contributed by atoms with E-state index in [-0.39, 0.29) is 5.91 Å². The van der Waals surface area contributed by atoms with E-state index in [9.17, 15) is 4.79 Å². The summed E-state index contributed by atoms with van der Waals surface area (Å²) in [4.78, 5) is 18.9. The number of amides is 1. The number of aromatic nitrogens is 1. The van der Waals surface area contributed by atoms with Crippen LogP contribution < -0.4 is 4.80 Å². The third-order valence-corrected chi connectivity index (χ3v) is 6.01. The standard InChI is InChI=1S/C20H22N2OS2/c1-5-22-17-11-8-15(13(2)3)12-18(17)25-20(22)21-19(23)14-6-9-16(24-4)10-7-14/h6-13H,5H2,1-4H3. The highest BCUT2D eigenvalue weighted by Crippen LogP contribution is 2.23. The number of aryl methyl sites for hydroxylation is 1. The summed E-state index contributed by atoms with van der Waals surface area (Å²) in [6, 6.07) is 14.1. The van der Waals surface area contributed by atoms with E-state index in [1.807, 2.05) is 30.5 Å². The Bertz CT molecular complexity index is 966. The van der Waals surface area contributed by atoms with Crippen molar-refractivity contribution < 1.29 is 4.79 Å². The zero-order valence-corrected chi connectivity index (χ0v) is 16.6. The van der Waals surface area contributed by atoms with Gasteiger partial charge in [-0.25, -0.2) is 0 Å². The molecule has 1 aromatic heterocycles. The Morgan fingerprint density at radius 2 is 1.92 bits per heavy atom. The fraction of sp³-hybridized carbons (Fsp3) is 0.300. The van der Waals surface area contributed by atoms with Crippen LogP contribution in [-0.2, 0) is 6.54 Å². The van der Waals surface area contributed by atoms with Crippen LogP contribution in [0.1, 0.15) is 42.6 Å². The molecule has 1 heterocycles. The average Bonchev–Trinajstić information content (AvgIpc) is 2.97. The second-order valence-corrected chi connectivity index (χ2v) is 8.04. The van der Waals surface area contributed by atoms with E-state index in [0.29, 0.717) is 11.5 Å². The van der Waals surface area contributed by atoms with Crippen LogP contribution in [0.25, 0.3) is 10.2 Å². The molecule has 0 aliphatic heterocycles. The average molecular weight is 371 g/mol. The monoisotopic (exact) mass is 370 g/mol. The summed E-state index contributed by atoms with van der Waals surface area (Å²) in [5.41, 5.74) is 3.07. The first-order valence-electron chi connectivity index (χ1n) is 8.40. The lowest BCUT2D eigenvalue weighted by Crippen LogP contribution is -2.15. The lowest BCUT2D eigenvalue weighted by Gasteiger charge is -2.05. The third kappa shape index (κ3) is 3.72. The van der Waals surface area contributed by atoms with Crippen LogP contribution in [0, 0.1) is 0 Å². The lowest BCUT2D eigenvalue weighted by atomic mass is 10.0. The van der Waals surface area contributed by atoms with Gasteiger partial charge in [0.15, 0.2) is 4.80 Å². The Hall–Kier alpha value is -1.85. The number of rotatable bonds is 4. The number of benzene rings is 2. The SMILES string of the molecule is CCn1c(=NC(=O)c2ccc(SC)cc2)sc2cc(C(C)C)ccc21. The number of hydrogen-bond acceptors (Lipinski definition) is 3. The second-order valence-electron chi connectivity index (χ2n) is 6.16. The van der Waals surface area contributed by atoms with Gasteiger partial charge in [0.05, 0.1) is 10.2 Å². The molecule has 5 heteroatoms. The summed E-state index contributed by atoms with van der Waals surface area (Å²) in [5.74, 6) is 0.295. The van der Waals surface area contributed by atoms with Gasteiger partial charge in [0, 0.05) is 17.0 Å². The van der Waals surface area contributed by atoms with Crippen molar-refractivity contribution in [3.05, 3.63) is 58.4 Å². The fourth-order valence-corrected chi connectivity index (χ4v) is 4.27. The van der Waals surface area contributed by atoms with Crippen LogP contribution >= 0.6 is 23.1 Å². The highest BCUT2D eigenvalue weighted by molar-refractivity contribution is 7.98. The smallest absolute Gasteiger partial charge is 0.279 e. The molecular formula is C20H22N2OS2. The molecule has 0 radical (unpaired) electrons. The van der Waals surface area contributed by atoms with Gasteiger partial charge in [0.2, 0.25) is 0 Å². The highest BCUT2D eigenvalue weighted by Gasteiger charge is 2.10. The molecule has 0 saturated carbocycles. The first kappa shape index (κ1) is 18.0. The van der Waals surface area contributed by atoms with Crippen LogP contribution in [0.4, 0.5) is 0 Å². The van der Waals surface area contributed by atoms with Crippen LogP contribution in [0.5, 0.6) is 0 Å². The van der Waals surface area contributed by atoms with Crippen molar-refractivity contribution in [2.45, 2.75) is 38.1 Å². The number of thiazole rings is 1. The molecule has 0 N–H and O–H groups in total. The van der Waals surface area contributed by atoms with E-state index in [2.05, 4.69) is 48.5 Å². The van der Waals surface area contributed by atoms with Crippen molar-refractivity contribution in [2.24, 2.45) is 4.99 Å². The largest absolute Gasteiger partial charge is 0.317 e. The number of thioether (sulfide) groups is 1. The van der Waals surface area contributed by atoms with Gasteiger partial charge in [0.25, 0.3) is 5.91 Å². The predicted octanol–water partition coefficient (Wildman–Crippen LogP) is 5.31. The van der Waals surface area contributed by atoms with Crippen molar-refractivity contribution in [3.63, 3.8) is 0 Å². The first-order valence-corrected chi connectivity index (χ1v) is 10.4. The lowest BCUT2D eigenvalue weighted by molar-refractivity contribution is 0.0998. The summed E-state index contributed by atoms with van der Waals surface area (Å²) in [6.07, 6.45) is 2.02. The third-order valence-electron chi connectivity index (χ3n) is 4.22. The Morgan fingerprint density at radius 3 is 2.52 bits per heavy atom. The van der Waals surface area contributed by atoms with Gasteiger partial charge in [-0.2, -0.15) is 4.99 Å². The summed E-state index contributed by atoms with van der Waals surface area (Å²) in [7, 11) is 0. The molecule has 0 unspecified atom stereocenters. The number of nitrogens with zero attached hydrogens (tertiary/aromatic N) is 2.